The zero-order valence-electron chi connectivity index (χ0n) is 18.5. The van der Waals surface area contributed by atoms with Crippen molar-refractivity contribution in [1.82, 2.24) is 10.1 Å². The number of nitrogens with two attached hydrogens (primary N) is 2. The quantitative estimate of drug-likeness (QED) is 0.583. The van der Waals surface area contributed by atoms with Crippen molar-refractivity contribution in [3.8, 4) is 0 Å². The van der Waals surface area contributed by atoms with E-state index in [2.05, 4.69) is 49.6 Å². The van der Waals surface area contributed by atoms with Crippen molar-refractivity contribution in [3.05, 3.63) is 59.8 Å². The molecule has 0 unspecified atom stereocenters. The molecule has 5 N–H and O–H groups in total. The number of hydrogen-bond acceptors (Lipinski definition) is 8. The van der Waals surface area contributed by atoms with E-state index in [9.17, 15) is 5.11 Å². The summed E-state index contributed by atoms with van der Waals surface area (Å²) in [4.78, 5) is 10.8. The van der Waals surface area contributed by atoms with Crippen molar-refractivity contribution in [2.75, 3.05) is 18.0 Å². The highest BCUT2D eigenvalue weighted by molar-refractivity contribution is 6.09. The Morgan fingerprint density at radius 3 is 2.52 bits per heavy atom. The molecule has 1 aliphatic heterocycles. The van der Waals surface area contributed by atoms with Gasteiger partial charge in [0.1, 0.15) is 5.82 Å². The summed E-state index contributed by atoms with van der Waals surface area (Å²) in [7, 11) is 0. The topological polar surface area (TPSA) is 127 Å². The van der Waals surface area contributed by atoms with Gasteiger partial charge in [0, 0.05) is 31.1 Å². The maximum absolute atomic E-state index is 9.75. The maximum Gasteiger partial charge on any atom is 0.324 e. The van der Waals surface area contributed by atoms with Gasteiger partial charge in [0.2, 0.25) is 0 Å². The predicted molar refractivity (Wildman–Crippen MR) is 123 cm³/mol. The minimum atomic E-state index is -0.443. The van der Waals surface area contributed by atoms with Gasteiger partial charge in [-0.1, -0.05) is 49.8 Å². The molecule has 0 saturated carbocycles. The minimum Gasteiger partial charge on any atom is -0.404 e. The van der Waals surface area contributed by atoms with E-state index in [1.165, 1.54) is 6.20 Å². The lowest BCUT2D eigenvalue weighted by Crippen LogP contribution is -2.36. The van der Waals surface area contributed by atoms with E-state index >= 15 is 0 Å². The number of nitrogens with zero attached hydrogens (tertiary/aromatic N) is 4. The molecule has 0 radical (unpaired) electrons. The van der Waals surface area contributed by atoms with E-state index in [0.29, 0.717) is 37.8 Å². The SMILES string of the molecule is C=C(N)/N=C\C(=C/N)c1ccc([C@@](C)(c2noc(N3CCC(O)CC3)n2)C(C)C)cc1. The number of hydrogen-bond donors (Lipinski definition) is 3. The normalized spacial score (nSPS) is 18.0. The summed E-state index contributed by atoms with van der Waals surface area (Å²) in [5.74, 6) is 1.09. The molecule has 0 bridgehead atoms. The minimum absolute atomic E-state index is 0.221. The molecule has 8 heteroatoms. The Balaban J connectivity index is 1.88. The van der Waals surface area contributed by atoms with E-state index in [1.807, 2.05) is 17.0 Å². The summed E-state index contributed by atoms with van der Waals surface area (Å²) in [5.41, 5.74) is 13.6. The summed E-state index contributed by atoms with van der Waals surface area (Å²) in [6, 6.07) is 8.60. The van der Waals surface area contributed by atoms with Crippen LogP contribution in [0.15, 0.2) is 52.4 Å². The molecular weight excluding hydrogens is 392 g/mol. The van der Waals surface area contributed by atoms with Gasteiger partial charge in [-0.15, -0.1) is 0 Å². The van der Waals surface area contributed by atoms with E-state index in [4.69, 9.17) is 21.0 Å². The molecule has 2 aromatic rings. The van der Waals surface area contributed by atoms with Crippen LogP contribution in [0.4, 0.5) is 6.01 Å². The monoisotopic (exact) mass is 424 g/mol. The highest BCUT2D eigenvalue weighted by atomic mass is 16.5. The molecule has 1 saturated heterocycles. The maximum atomic E-state index is 9.75. The van der Waals surface area contributed by atoms with Gasteiger partial charge in [-0.3, -0.25) is 0 Å². The van der Waals surface area contributed by atoms with Crippen LogP contribution in [0.2, 0.25) is 0 Å². The van der Waals surface area contributed by atoms with Gasteiger partial charge in [-0.05, 0) is 36.8 Å². The van der Waals surface area contributed by atoms with Gasteiger partial charge in [0.15, 0.2) is 5.82 Å². The lowest BCUT2D eigenvalue weighted by molar-refractivity contribution is 0.143. The Hall–Kier alpha value is -3.13. The number of aliphatic hydroxyl groups is 1. The molecule has 1 aromatic carbocycles. The van der Waals surface area contributed by atoms with Gasteiger partial charge in [0.25, 0.3) is 0 Å². The first-order valence-electron chi connectivity index (χ1n) is 10.5. The number of benzene rings is 1. The second-order valence-electron chi connectivity index (χ2n) is 8.42. The van der Waals surface area contributed by atoms with E-state index < -0.39 is 5.41 Å². The Morgan fingerprint density at radius 1 is 1.32 bits per heavy atom. The summed E-state index contributed by atoms with van der Waals surface area (Å²) >= 11 is 0. The number of aliphatic hydroxyl groups excluding tert-OH is 1. The third-order valence-corrected chi connectivity index (χ3v) is 6.14. The van der Waals surface area contributed by atoms with E-state index in [1.54, 1.807) is 6.21 Å². The first-order valence-corrected chi connectivity index (χ1v) is 10.5. The smallest absolute Gasteiger partial charge is 0.324 e. The fraction of sp³-hybridized carbons (Fsp3) is 0.435. The first kappa shape index (κ1) is 22.6. The average Bonchev–Trinajstić information content (AvgIpc) is 3.25. The lowest BCUT2D eigenvalue weighted by atomic mass is 9.72. The average molecular weight is 425 g/mol. The molecule has 166 valence electrons. The zero-order valence-corrected chi connectivity index (χ0v) is 18.5. The second-order valence-corrected chi connectivity index (χ2v) is 8.42. The van der Waals surface area contributed by atoms with Crippen LogP contribution in [0.3, 0.4) is 0 Å². The summed E-state index contributed by atoms with van der Waals surface area (Å²) in [5, 5.41) is 14.1. The summed E-state index contributed by atoms with van der Waals surface area (Å²) in [6.07, 6.45) is 4.25. The highest BCUT2D eigenvalue weighted by Gasteiger charge is 2.38. The van der Waals surface area contributed by atoms with Crippen molar-refractivity contribution in [3.63, 3.8) is 0 Å². The van der Waals surface area contributed by atoms with Gasteiger partial charge in [-0.2, -0.15) is 4.98 Å². The number of aromatic nitrogens is 2. The van der Waals surface area contributed by atoms with Crippen molar-refractivity contribution in [2.45, 2.75) is 45.1 Å². The molecule has 3 rings (SSSR count). The molecule has 2 heterocycles. The third-order valence-electron chi connectivity index (χ3n) is 6.14. The van der Waals surface area contributed by atoms with Gasteiger partial charge in [-0.25, -0.2) is 4.99 Å². The molecule has 8 nitrogen and oxygen atoms in total. The van der Waals surface area contributed by atoms with Crippen LogP contribution >= 0.6 is 0 Å². The Morgan fingerprint density at radius 2 is 1.97 bits per heavy atom. The first-order chi connectivity index (χ1) is 14.8. The summed E-state index contributed by atoms with van der Waals surface area (Å²) < 4.78 is 5.61. The fourth-order valence-electron chi connectivity index (χ4n) is 3.71. The van der Waals surface area contributed by atoms with Gasteiger partial charge < -0.3 is 26.0 Å². The Labute approximate surface area is 183 Å². The molecule has 0 spiro atoms. The molecule has 31 heavy (non-hydrogen) atoms. The molecule has 0 amide bonds. The molecule has 1 fully saturated rings. The van der Waals surface area contributed by atoms with Crippen LogP contribution in [0.5, 0.6) is 0 Å². The molecule has 0 aliphatic carbocycles. The number of allylic oxidation sites excluding steroid dienone is 1. The van der Waals surface area contributed by atoms with Crippen LogP contribution in [0.25, 0.3) is 5.57 Å². The van der Waals surface area contributed by atoms with Crippen LogP contribution in [-0.2, 0) is 5.41 Å². The van der Waals surface area contributed by atoms with E-state index in [-0.39, 0.29) is 17.8 Å². The van der Waals surface area contributed by atoms with Crippen molar-refractivity contribution in [1.29, 1.82) is 0 Å². The Bertz CT molecular complexity index is 955. The summed E-state index contributed by atoms with van der Waals surface area (Å²) in [6.45, 7) is 11.4. The number of anilines is 1. The van der Waals surface area contributed by atoms with Gasteiger partial charge in [0.05, 0.1) is 11.5 Å². The molecule has 1 aliphatic rings. The van der Waals surface area contributed by atoms with E-state index in [0.717, 1.165) is 16.7 Å². The molecule has 1 atom stereocenters. The third kappa shape index (κ3) is 4.80. The zero-order chi connectivity index (χ0) is 22.6. The molecular formula is C23H32N6O2. The largest absolute Gasteiger partial charge is 0.404 e. The van der Waals surface area contributed by atoms with Crippen LogP contribution in [0, 0.1) is 5.92 Å². The standard InChI is InChI=1S/C23H32N6O2/c1-15(2)23(4,21-27-22(31-28-21)29-11-9-20(30)10-12-29)19-7-5-17(6-8-19)18(13-24)14-26-16(3)25/h5-8,13-15,20,30H,3,9-12,24-25H2,1-2,4H3/b18-13+,26-14-/t23-/m0/s1. The number of aliphatic imine (C=N–C) groups is 1. The highest BCUT2D eigenvalue weighted by Crippen LogP contribution is 2.38. The van der Waals surface area contributed by atoms with Gasteiger partial charge >= 0.3 is 6.01 Å². The van der Waals surface area contributed by atoms with Crippen molar-refractivity contribution < 1.29 is 9.63 Å². The predicted octanol–water partition coefficient (Wildman–Crippen LogP) is 2.79. The van der Waals surface area contributed by atoms with Crippen LogP contribution in [0.1, 0.15) is 50.6 Å². The van der Waals surface area contributed by atoms with Crippen LogP contribution < -0.4 is 16.4 Å². The van der Waals surface area contributed by atoms with Crippen molar-refractivity contribution in [2.24, 2.45) is 22.4 Å². The fourth-order valence-corrected chi connectivity index (χ4v) is 3.71. The van der Waals surface area contributed by atoms with Crippen molar-refractivity contribution >= 4 is 17.8 Å². The number of rotatable bonds is 7. The molecule has 1 aromatic heterocycles. The Kier molecular flexibility index (Phi) is 6.80. The lowest BCUT2D eigenvalue weighted by Gasteiger charge is -2.31. The second kappa shape index (κ2) is 9.34. The number of piperidine rings is 1. The van der Waals surface area contributed by atoms with Crippen LogP contribution in [-0.4, -0.2) is 40.7 Å².